The summed E-state index contributed by atoms with van der Waals surface area (Å²) in [5, 5.41) is 9.25. The van der Waals surface area contributed by atoms with Gasteiger partial charge in [-0.3, -0.25) is 4.99 Å². The van der Waals surface area contributed by atoms with Crippen molar-refractivity contribution in [2.45, 2.75) is 38.6 Å². The molecule has 0 fully saturated rings. The number of hydrogen-bond donors (Lipinski definition) is 1. The Kier molecular flexibility index (Phi) is 8.67. The fraction of sp³-hybridized carbons (Fsp3) is 0.429. The van der Waals surface area contributed by atoms with E-state index in [1.165, 1.54) is 29.8 Å². The highest BCUT2D eigenvalue weighted by molar-refractivity contribution is 14.0. The molecular formula is C21H26ClIN6OS. The predicted octanol–water partition coefficient (Wildman–Crippen LogP) is 4.59. The fourth-order valence-corrected chi connectivity index (χ4v) is 4.83. The molecule has 0 radical (unpaired) electrons. The Bertz CT molecular complexity index is 996. The van der Waals surface area contributed by atoms with Gasteiger partial charge in [-0.05, 0) is 49.9 Å². The molecule has 2 aromatic heterocycles. The van der Waals surface area contributed by atoms with Gasteiger partial charge in [0.1, 0.15) is 5.01 Å². The molecule has 0 bridgehead atoms. The van der Waals surface area contributed by atoms with Crippen LogP contribution in [0.25, 0.3) is 11.4 Å². The number of thiazole rings is 1. The predicted molar refractivity (Wildman–Crippen MR) is 135 cm³/mol. The summed E-state index contributed by atoms with van der Waals surface area (Å²) < 4.78 is 5.37. The van der Waals surface area contributed by atoms with E-state index in [0.717, 1.165) is 29.5 Å². The van der Waals surface area contributed by atoms with Gasteiger partial charge in [0.2, 0.25) is 11.7 Å². The maximum atomic E-state index is 5.93. The van der Waals surface area contributed by atoms with Crippen molar-refractivity contribution in [3.8, 4) is 11.4 Å². The van der Waals surface area contributed by atoms with Crippen molar-refractivity contribution < 1.29 is 4.52 Å². The molecule has 0 spiro atoms. The molecule has 0 unspecified atom stereocenters. The van der Waals surface area contributed by atoms with Gasteiger partial charge in [0.05, 0.1) is 12.2 Å². The summed E-state index contributed by atoms with van der Waals surface area (Å²) >= 11 is 7.76. The maximum absolute atomic E-state index is 5.93. The van der Waals surface area contributed by atoms with E-state index >= 15 is 0 Å². The van der Waals surface area contributed by atoms with E-state index < -0.39 is 0 Å². The molecule has 0 aliphatic heterocycles. The lowest BCUT2D eigenvalue weighted by Crippen LogP contribution is -2.39. The Labute approximate surface area is 208 Å². The van der Waals surface area contributed by atoms with Gasteiger partial charge < -0.3 is 14.7 Å². The van der Waals surface area contributed by atoms with Crippen LogP contribution in [0, 0.1) is 0 Å². The van der Waals surface area contributed by atoms with E-state index in [0.29, 0.717) is 29.7 Å². The molecule has 166 valence electrons. The average molecular weight is 573 g/mol. The van der Waals surface area contributed by atoms with Crippen LogP contribution in [0.4, 0.5) is 0 Å². The van der Waals surface area contributed by atoms with Crippen molar-refractivity contribution in [2.24, 2.45) is 4.99 Å². The fourth-order valence-electron chi connectivity index (χ4n) is 3.49. The first-order valence-electron chi connectivity index (χ1n) is 10.1. The molecule has 0 atom stereocenters. The SMILES string of the molecule is CN=C(NCCc1nc(-c2ccc(Cl)cc2)no1)N(C)Cc1nc2c(s1)CCCC2.I. The van der Waals surface area contributed by atoms with E-state index in [4.69, 9.17) is 21.1 Å². The van der Waals surface area contributed by atoms with Crippen molar-refractivity contribution in [2.75, 3.05) is 20.6 Å². The van der Waals surface area contributed by atoms with Crippen LogP contribution in [-0.2, 0) is 25.8 Å². The number of aryl methyl sites for hydroxylation is 2. The molecule has 1 aliphatic rings. The van der Waals surface area contributed by atoms with Gasteiger partial charge in [-0.1, -0.05) is 16.8 Å². The normalized spacial score (nSPS) is 13.5. The number of rotatable bonds is 6. The third-order valence-corrected chi connectivity index (χ3v) is 6.42. The topological polar surface area (TPSA) is 79.4 Å². The Morgan fingerprint density at radius 3 is 2.74 bits per heavy atom. The molecule has 1 aromatic carbocycles. The second-order valence-corrected chi connectivity index (χ2v) is 8.89. The zero-order valence-corrected chi connectivity index (χ0v) is 21.5. The van der Waals surface area contributed by atoms with Crippen molar-refractivity contribution in [1.82, 2.24) is 25.3 Å². The van der Waals surface area contributed by atoms with Crippen molar-refractivity contribution in [3.05, 3.63) is 50.8 Å². The number of aliphatic imine (C=N–C) groups is 1. The van der Waals surface area contributed by atoms with Crippen molar-refractivity contribution in [3.63, 3.8) is 0 Å². The number of guanidine groups is 1. The number of aromatic nitrogens is 3. The quantitative estimate of drug-likeness (QED) is 0.264. The number of halogens is 2. The summed E-state index contributed by atoms with van der Waals surface area (Å²) in [5.74, 6) is 1.97. The molecule has 2 heterocycles. The van der Waals surface area contributed by atoms with Gasteiger partial charge in [-0.25, -0.2) is 4.98 Å². The monoisotopic (exact) mass is 572 g/mol. The van der Waals surface area contributed by atoms with Gasteiger partial charge in [0.15, 0.2) is 5.96 Å². The molecule has 10 heteroatoms. The first kappa shape index (κ1) is 23.9. The van der Waals surface area contributed by atoms with Gasteiger partial charge in [-0.15, -0.1) is 35.3 Å². The summed E-state index contributed by atoms with van der Waals surface area (Å²) in [6.45, 7) is 1.40. The van der Waals surface area contributed by atoms with Gasteiger partial charge in [-0.2, -0.15) is 4.98 Å². The number of hydrogen-bond acceptors (Lipinski definition) is 6. The number of benzene rings is 1. The minimum Gasteiger partial charge on any atom is -0.356 e. The first-order chi connectivity index (χ1) is 14.6. The summed E-state index contributed by atoms with van der Waals surface area (Å²) in [5.41, 5.74) is 2.18. The summed E-state index contributed by atoms with van der Waals surface area (Å²) in [6, 6.07) is 7.38. The Balaban J connectivity index is 0.00000272. The van der Waals surface area contributed by atoms with Crippen molar-refractivity contribution in [1.29, 1.82) is 0 Å². The summed E-state index contributed by atoms with van der Waals surface area (Å²) in [7, 11) is 3.82. The molecular weight excluding hydrogens is 547 g/mol. The van der Waals surface area contributed by atoms with Crippen LogP contribution < -0.4 is 5.32 Å². The van der Waals surface area contributed by atoms with E-state index in [-0.39, 0.29) is 24.0 Å². The summed E-state index contributed by atoms with van der Waals surface area (Å²) in [6.07, 6.45) is 5.43. The lowest BCUT2D eigenvalue weighted by molar-refractivity contribution is 0.377. The molecule has 7 nitrogen and oxygen atoms in total. The van der Waals surface area contributed by atoms with Gasteiger partial charge in [0, 0.05) is 42.5 Å². The van der Waals surface area contributed by atoms with Crippen molar-refractivity contribution >= 4 is 52.9 Å². The van der Waals surface area contributed by atoms with Crippen LogP contribution in [-0.4, -0.2) is 46.6 Å². The van der Waals surface area contributed by atoms with Crippen LogP contribution in [0.15, 0.2) is 33.8 Å². The average Bonchev–Trinajstić information content (AvgIpc) is 3.38. The Hall–Kier alpha value is -1.72. The number of nitrogens with zero attached hydrogens (tertiary/aromatic N) is 5. The number of nitrogens with one attached hydrogen (secondary N) is 1. The second kappa shape index (κ2) is 11.2. The Morgan fingerprint density at radius 2 is 2.00 bits per heavy atom. The highest BCUT2D eigenvalue weighted by atomic mass is 127. The van der Waals surface area contributed by atoms with Crippen LogP contribution in [0.3, 0.4) is 0 Å². The molecule has 1 aliphatic carbocycles. The third-order valence-electron chi connectivity index (χ3n) is 5.03. The zero-order valence-electron chi connectivity index (χ0n) is 17.6. The molecule has 31 heavy (non-hydrogen) atoms. The minimum atomic E-state index is 0. The van der Waals surface area contributed by atoms with E-state index in [9.17, 15) is 0 Å². The molecule has 4 rings (SSSR count). The molecule has 0 amide bonds. The van der Waals surface area contributed by atoms with Gasteiger partial charge >= 0.3 is 0 Å². The highest BCUT2D eigenvalue weighted by Crippen LogP contribution is 2.27. The second-order valence-electron chi connectivity index (χ2n) is 7.28. The first-order valence-corrected chi connectivity index (χ1v) is 11.3. The van der Waals surface area contributed by atoms with Crippen LogP contribution in [0.1, 0.15) is 34.3 Å². The third kappa shape index (κ3) is 6.17. The highest BCUT2D eigenvalue weighted by Gasteiger charge is 2.17. The zero-order chi connectivity index (χ0) is 20.9. The van der Waals surface area contributed by atoms with E-state index in [1.807, 2.05) is 42.6 Å². The molecule has 3 aromatic rings. The Morgan fingerprint density at radius 1 is 1.23 bits per heavy atom. The van der Waals surface area contributed by atoms with Crippen LogP contribution in [0.5, 0.6) is 0 Å². The largest absolute Gasteiger partial charge is 0.356 e. The van der Waals surface area contributed by atoms with Crippen LogP contribution in [0.2, 0.25) is 5.02 Å². The smallest absolute Gasteiger partial charge is 0.228 e. The summed E-state index contributed by atoms with van der Waals surface area (Å²) in [4.78, 5) is 17.2. The molecule has 0 saturated carbocycles. The molecule has 1 N–H and O–H groups in total. The lowest BCUT2D eigenvalue weighted by atomic mass is 10.0. The maximum Gasteiger partial charge on any atom is 0.228 e. The standard InChI is InChI=1S/C21H25ClN6OS.HI/c1-23-21(28(2)13-19-25-16-5-3-4-6-17(16)30-19)24-12-11-18-26-20(27-29-18)14-7-9-15(22)10-8-14;/h7-10H,3-6,11-13H2,1-2H3,(H,23,24);1H. The lowest BCUT2D eigenvalue weighted by Gasteiger charge is -2.20. The molecule has 0 saturated heterocycles. The number of fused-ring (bicyclic) bond motifs is 1. The van der Waals surface area contributed by atoms with E-state index in [2.05, 4.69) is 25.3 Å². The van der Waals surface area contributed by atoms with Crippen LogP contribution >= 0.6 is 46.9 Å². The van der Waals surface area contributed by atoms with Gasteiger partial charge in [0.25, 0.3) is 0 Å². The minimum absolute atomic E-state index is 0. The van der Waals surface area contributed by atoms with E-state index in [1.54, 1.807) is 7.05 Å².